The third-order valence-corrected chi connectivity index (χ3v) is 3.14. The second-order valence-electron chi connectivity index (χ2n) is 4.30. The summed E-state index contributed by atoms with van der Waals surface area (Å²) in [6.07, 6.45) is 4.00. The fraction of sp³-hybridized carbons (Fsp3) is 0.583. The van der Waals surface area contributed by atoms with Crippen LogP contribution >= 0.6 is 0 Å². The summed E-state index contributed by atoms with van der Waals surface area (Å²) < 4.78 is 5.36. The lowest BCUT2D eigenvalue weighted by Gasteiger charge is -2.31. The van der Waals surface area contributed by atoms with Gasteiger partial charge in [-0.2, -0.15) is 0 Å². The number of nitrogens with two attached hydrogens (primary N) is 1. The van der Waals surface area contributed by atoms with Gasteiger partial charge in [-0.05, 0) is 32.0 Å². The molecule has 1 aromatic rings. The van der Waals surface area contributed by atoms with Crippen LogP contribution in [0.3, 0.4) is 0 Å². The quantitative estimate of drug-likeness (QED) is 0.835. The van der Waals surface area contributed by atoms with E-state index in [9.17, 15) is 0 Å². The maximum Gasteiger partial charge on any atom is 0.0772 e. The van der Waals surface area contributed by atoms with Gasteiger partial charge in [0.05, 0.1) is 11.4 Å². The first-order valence-corrected chi connectivity index (χ1v) is 5.74. The first-order chi connectivity index (χ1) is 7.77. The Bertz CT molecular complexity index is 337. The van der Waals surface area contributed by atoms with Crippen LogP contribution in [-0.4, -0.2) is 36.2 Å². The summed E-state index contributed by atoms with van der Waals surface area (Å²) in [5, 5.41) is 0. The molecule has 2 heterocycles. The molecule has 88 valence electrons. The highest BCUT2D eigenvalue weighted by molar-refractivity contribution is 5.41. The van der Waals surface area contributed by atoms with Crippen molar-refractivity contribution in [3.05, 3.63) is 24.0 Å². The maximum absolute atomic E-state index is 5.88. The third kappa shape index (κ3) is 2.71. The normalized spacial score (nSPS) is 17.9. The first-order valence-electron chi connectivity index (χ1n) is 5.74. The summed E-state index contributed by atoms with van der Waals surface area (Å²) in [6.45, 7) is 2.55. The highest BCUT2D eigenvalue weighted by Crippen LogP contribution is 2.17. The number of anilines is 1. The van der Waals surface area contributed by atoms with Crippen molar-refractivity contribution in [2.75, 3.05) is 26.0 Å². The number of hydrogen-bond donors (Lipinski definition) is 1. The number of nitrogen functional groups attached to an aromatic ring is 1. The molecule has 0 unspecified atom stereocenters. The van der Waals surface area contributed by atoms with Crippen molar-refractivity contribution in [1.82, 2.24) is 9.88 Å². The van der Waals surface area contributed by atoms with E-state index in [1.54, 1.807) is 6.20 Å². The van der Waals surface area contributed by atoms with Crippen molar-refractivity contribution in [2.45, 2.75) is 25.4 Å². The summed E-state index contributed by atoms with van der Waals surface area (Å²) >= 11 is 0. The predicted molar refractivity (Wildman–Crippen MR) is 64.0 cm³/mol. The molecule has 0 amide bonds. The van der Waals surface area contributed by atoms with Gasteiger partial charge < -0.3 is 10.5 Å². The van der Waals surface area contributed by atoms with Crippen molar-refractivity contribution >= 4 is 5.69 Å². The van der Waals surface area contributed by atoms with Crippen molar-refractivity contribution in [3.63, 3.8) is 0 Å². The average molecular weight is 221 g/mol. The molecular formula is C12H19N3O. The molecule has 0 aromatic carbocycles. The monoisotopic (exact) mass is 221 g/mol. The molecule has 0 radical (unpaired) electrons. The van der Waals surface area contributed by atoms with Gasteiger partial charge in [0, 0.05) is 32.0 Å². The minimum atomic E-state index is 0.593. The van der Waals surface area contributed by atoms with Gasteiger partial charge in [0.15, 0.2) is 0 Å². The summed E-state index contributed by atoms with van der Waals surface area (Å²) in [7, 11) is 2.13. The Hall–Kier alpha value is -1.13. The SMILES string of the molecule is CN(Cc1ncccc1N)C1CCOCC1. The number of ether oxygens (including phenoxy) is 1. The number of aromatic nitrogens is 1. The van der Waals surface area contributed by atoms with E-state index < -0.39 is 0 Å². The van der Waals surface area contributed by atoms with Crippen LogP contribution in [0.2, 0.25) is 0 Å². The molecule has 0 atom stereocenters. The Morgan fingerprint density at radius 1 is 1.50 bits per heavy atom. The van der Waals surface area contributed by atoms with Crippen LogP contribution < -0.4 is 5.73 Å². The molecule has 2 rings (SSSR count). The number of pyridine rings is 1. The Morgan fingerprint density at radius 3 is 2.94 bits per heavy atom. The summed E-state index contributed by atoms with van der Waals surface area (Å²) in [4.78, 5) is 6.64. The molecule has 4 heteroatoms. The molecule has 2 N–H and O–H groups in total. The lowest BCUT2D eigenvalue weighted by Crippen LogP contribution is -2.36. The first kappa shape index (κ1) is 11.4. The zero-order chi connectivity index (χ0) is 11.4. The molecule has 0 bridgehead atoms. The van der Waals surface area contributed by atoms with Gasteiger partial charge in [-0.1, -0.05) is 0 Å². The van der Waals surface area contributed by atoms with Crippen LogP contribution in [0, 0.1) is 0 Å². The van der Waals surface area contributed by atoms with Gasteiger partial charge in [0.25, 0.3) is 0 Å². The van der Waals surface area contributed by atoms with Gasteiger partial charge in [-0.3, -0.25) is 9.88 Å². The van der Waals surface area contributed by atoms with E-state index in [4.69, 9.17) is 10.5 Å². The summed E-state index contributed by atoms with van der Waals surface area (Å²) in [6, 6.07) is 4.36. The van der Waals surface area contributed by atoms with Crippen molar-refractivity contribution < 1.29 is 4.74 Å². The number of nitrogens with zero attached hydrogens (tertiary/aromatic N) is 2. The van der Waals surface area contributed by atoms with Gasteiger partial charge in [-0.25, -0.2) is 0 Å². The third-order valence-electron chi connectivity index (χ3n) is 3.14. The van der Waals surface area contributed by atoms with Gasteiger partial charge in [-0.15, -0.1) is 0 Å². The van der Waals surface area contributed by atoms with Crippen LogP contribution in [0.25, 0.3) is 0 Å². The summed E-state index contributed by atoms with van der Waals surface area (Å²) in [5.41, 5.74) is 7.63. The Kier molecular flexibility index (Phi) is 3.74. The molecule has 4 nitrogen and oxygen atoms in total. The second-order valence-corrected chi connectivity index (χ2v) is 4.30. The molecule has 1 saturated heterocycles. The van der Waals surface area contributed by atoms with E-state index in [0.29, 0.717) is 6.04 Å². The predicted octanol–water partition coefficient (Wildman–Crippen LogP) is 1.27. The van der Waals surface area contributed by atoms with Crippen molar-refractivity contribution in [2.24, 2.45) is 0 Å². The number of hydrogen-bond acceptors (Lipinski definition) is 4. The van der Waals surface area contributed by atoms with Crippen LogP contribution in [0.1, 0.15) is 18.5 Å². The lowest BCUT2D eigenvalue weighted by molar-refractivity contribution is 0.0404. The van der Waals surface area contributed by atoms with Crippen molar-refractivity contribution in [3.8, 4) is 0 Å². The fourth-order valence-electron chi connectivity index (χ4n) is 2.07. The molecule has 1 fully saturated rings. The standard InChI is InChI=1S/C12H19N3O/c1-15(10-4-7-16-8-5-10)9-12-11(13)3-2-6-14-12/h2-3,6,10H,4-5,7-9,13H2,1H3. The fourth-order valence-corrected chi connectivity index (χ4v) is 2.07. The molecule has 1 aromatic heterocycles. The zero-order valence-electron chi connectivity index (χ0n) is 9.72. The largest absolute Gasteiger partial charge is 0.397 e. The molecule has 16 heavy (non-hydrogen) atoms. The highest BCUT2D eigenvalue weighted by Gasteiger charge is 2.19. The second kappa shape index (κ2) is 5.27. The molecule has 0 spiro atoms. The maximum atomic E-state index is 5.88. The van der Waals surface area contributed by atoms with Crippen LogP contribution in [0.4, 0.5) is 5.69 Å². The molecule has 0 aliphatic carbocycles. The van der Waals surface area contributed by atoms with Crippen LogP contribution in [0.15, 0.2) is 18.3 Å². The Labute approximate surface area is 96.4 Å². The van der Waals surface area contributed by atoms with Gasteiger partial charge in [0.2, 0.25) is 0 Å². The Morgan fingerprint density at radius 2 is 2.25 bits per heavy atom. The van der Waals surface area contributed by atoms with Crippen LogP contribution in [-0.2, 0) is 11.3 Å². The number of rotatable bonds is 3. The van der Waals surface area contributed by atoms with E-state index in [1.165, 1.54) is 0 Å². The molecule has 1 aliphatic heterocycles. The van der Waals surface area contributed by atoms with E-state index in [1.807, 2.05) is 12.1 Å². The van der Waals surface area contributed by atoms with Gasteiger partial charge >= 0.3 is 0 Å². The lowest BCUT2D eigenvalue weighted by atomic mass is 10.1. The van der Waals surface area contributed by atoms with Crippen LogP contribution in [0.5, 0.6) is 0 Å². The summed E-state index contributed by atoms with van der Waals surface area (Å²) in [5.74, 6) is 0. The molecule has 0 saturated carbocycles. The minimum Gasteiger partial charge on any atom is -0.397 e. The highest BCUT2D eigenvalue weighted by atomic mass is 16.5. The van der Waals surface area contributed by atoms with E-state index in [0.717, 1.165) is 44.0 Å². The zero-order valence-corrected chi connectivity index (χ0v) is 9.72. The van der Waals surface area contributed by atoms with Crippen molar-refractivity contribution in [1.29, 1.82) is 0 Å². The smallest absolute Gasteiger partial charge is 0.0772 e. The Balaban J connectivity index is 1.96. The molecular weight excluding hydrogens is 202 g/mol. The topological polar surface area (TPSA) is 51.4 Å². The van der Waals surface area contributed by atoms with E-state index in [-0.39, 0.29) is 0 Å². The van der Waals surface area contributed by atoms with E-state index in [2.05, 4.69) is 16.9 Å². The van der Waals surface area contributed by atoms with E-state index >= 15 is 0 Å². The minimum absolute atomic E-state index is 0.593. The molecule has 1 aliphatic rings. The van der Waals surface area contributed by atoms with Gasteiger partial charge in [0.1, 0.15) is 0 Å². The average Bonchev–Trinajstić information content (AvgIpc) is 2.33.